The van der Waals surface area contributed by atoms with Gasteiger partial charge < -0.3 is 9.73 Å². The second-order valence-electron chi connectivity index (χ2n) is 6.73. The summed E-state index contributed by atoms with van der Waals surface area (Å²) in [6, 6.07) is 15.2. The Morgan fingerprint density at radius 2 is 1.83 bits per heavy atom. The van der Waals surface area contributed by atoms with Gasteiger partial charge in [-0.25, -0.2) is 9.79 Å². The van der Waals surface area contributed by atoms with E-state index in [1.54, 1.807) is 48.5 Å². The smallest absolute Gasteiger partial charge is 0.346 e. The van der Waals surface area contributed by atoms with Crippen molar-refractivity contribution in [3.63, 3.8) is 0 Å². The molecule has 0 spiro atoms. The highest BCUT2D eigenvalue weighted by atomic mass is 32.2. The van der Waals surface area contributed by atoms with Gasteiger partial charge in [-0.1, -0.05) is 30.0 Å². The number of thioether (sulfide) groups is 1. The highest BCUT2D eigenvalue weighted by molar-refractivity contribution is 8.16. The molecule has 150 valence electrons. The van der Waals surface area contributed by atoms with Gasteiger partial charge >= 0.3 is 5.63 Å². The summed E-state index contributed by atoms with van der Waals surface area (Å²) < 4.78 is 5.30. The Hall–Kier alpha value is -3.52. The molecule has 1 atom stereocenters. The van der Waals surface area contributed by atoms with Crippen LogP contribution in [-0.2, 0) is 9.59 Å². The summed E-state index contributed by atoms with van der Waals surface area (Å²) in [4.78, 5) is 52.2. The maximum absolute atomic E-state index is 12.3. The molecule has 1 aliphatic heterocycles. The average molecular weight is 420 g/mol. The van der Waals surface area contributed by atoms with Gasteiger partial charge in [0, 0.05) is 23.1 Å². The summed E-state index contributed by atoms with van der Waals surface area (Å²) in [6.07, 6.45) is -0.0934. The molecule has 1 aliphatic rings. The molecule has 0 aliphatic carbocycles. The molecule has 0 saturated heterocycles. The fourth-order valence-corrected chi connectivity index (χ4v) is 4.09. The zero-order valence-electron chi connectivity index (χ0n) is 15.9. The van der Waals surface area contributed by atoms with Crippen molar-refractivity contribution < 1.29 is 18.8 Å². The lowest BCUT2D eigenvalue weighted by Crippen LogP contribution is -2.21. The molecule has 1 aromatic heterocycles. The zero-order chi connectivity index (χ0) is 21.3. The monoisotopic (exact) mass is 420 g/mol. The molecule has 0 radical (unpaired) electrons. The van der Waals surface area contributed by atoms with Crippen LogP contribution in [0.3, 0.4) is 0 Å². The van der Waals surface area contributed by atoms with E-state index in [0.29, 0.717) is 16.8 Å². The molecule has 4 rings (SSSR count). The van der Waals surface area contributed by atoms with Crippen LogP contribution in [-0.4, -0.2) is 27.9 Å². The molecule has 30 heavy (non-hydrogen) atoms. The number of carbonyl (C=O) groups is 3. The number of benzene rings is 2. The van der Waals surface area contributed by atoms with Crippen LogP contribution in [0, 0.1) is 0 Å². The fourth-order valence-electron chi connectivity index (χ4n) is 3.02. The van der Waals surface area contributed by atoms with Gasteiger partial charge in [-0.3, -0.25) is 14.4 Å². The highest BCUT2D eigenvalue weighted by Crippen LogP contribution is 2.29. The third kappa shape index (κ3) is 4.08. The van der Waals surface area contributed by atoms with E-state index in [2.05, 4.69) is 10.3 Å². The number of rotatable bonds is 5. The molecule has 2 aromatic carbocycles. The minimum absolute atomic E-state index is 0.0660. The highest BCUT2D eigenvalue weighted by Gasteiger charge is 2.32. The van der Waals surface area contributed by atoms with Crippen molar-refractivity contribution in [3.8, 4) is 0 Å². The summed E-state index contributed by atoms with van der Waals surface area (Å²) in [5.74, 6) is -0.897. The van der Waals surface area contributed by atoms with E-state index in [-0.39, 0.29) is 28.7 Å². The Morgan fingerprint density at radius 3 is 2.57 bits per heavy atom. The van der Waals surface area contributed by atoms with Crippen molar-refractivity contribution in [2.24, 2.45) is 4.99 Å². The standard InChI is InChI=1S/C22H16N2O5S/c1-12(25)13-6-8-15(9-7-13)23-19(26)11-18-20(27)24-21(30-18)16-10-14-4-2-3-5-17(14)29-22(16)28/h2-10,18H,11H2,1H3,(H,23,26)/t18-/m1/s1. The topological polar surface area (TPSA) is 106 Å². The number of amides is 2. The van der Waals surface area contributed by atoms with Crippen molar-refractivity contribution in [2.75, 3.05) is 5.32 Å². The van der Waals surface area contributed by atoms with Crippen LogP contribution < -0.4 is 10.9 Å². The first-order chi connectivity index (χ1) is 14.4. The Kier molecular flexibility index (Phi) is 5.33. The summed E-state index contributed by atoms with van der Waals surface area (Å²) in [6.45, 7) is 1.46. The average Bonchev–Trinajstić information content (AvgIpc) is 3.07. The Balaban J connectivity index is 1.45. The van der Waals surface area contributed by atoms with Crippen LogP contribution in [0.15, 0.2) is 68.8 Å². The lowest BCUT2D eigenvalue weighted by atomic mass is 10.1. The van der Waals surface area contributed by atoms with E-state index in [4.69, 9.17) is 4.42 Å². The Bertz CT molecular complexity index is 1260. The van der Waals surface area contributed by atoms with Crippen LogP contribution in [0.2, 0.25) is 0 Å². The first-order valence-corrected chi connectivity index (χ1v) is 10.0. The van der Waals surface area contributed by atoms with E-state index in [0.717, 1.165) is 17.1 Å². The van der Waals surface area contributed by atoms with Gasteiger partial charge in [0.15, 0.2) is 5.78 Å². The molecular formula is C22H16N2O5S. The summed E-state index contributed by atoms with van der Waals surface area (Å²) >= 11 is 1.07. The predicted octanol–water partition coefficient (Wildman–Crippen LogP) is 3.41. The van der Waals surface area contributed by atoms with E-state index >= 15 is 0 Å². The van der Waals surface area contributed by atoms with Crippen molar-refractivity contribution in [1.29, 1.82) is 0 Å². The molecule has 2 amide bonds. The van der Waals surface area contributed by atoms with Crippen molar-refractivity contribution in [2.45, 2.75) is 18.6 Å². The SMILES string of the molecule is CC(=O)c1ccc(NC(=O)C[C@H]2SC(c3cc4ccccc4oc3=O)=NC2=O)cc1. The maximum Gasteiger partial charge on any atom is 0.346 e. The molecule has 8 heteroatoms. The third-order valence-corrected chi connectivity index (χ3v) is 5.75. The second kappa shape index (κ2) is 8.08. The van der Waals surface area contributed by atoms with Crippen molar-refractivity contribution >= 4 is 51.1 Å². The number of fused-ring (bicyclic) bond motifs is 1. The van der Waals surface area contributed by atoms with Crippen molar-refractivity contribution in [1.82, 2.24) is 0 Å². The minimum atomic E-state index is -0.720. The molecule has 3 aromatic rings. The third-order valence-electron chi connectivity index (χ3n) is 4.56. The predicted molar refractivity (Wildman–Crippen MR) is 115 cm³/mol. The van der Waals surface area contributed by atoms with Gasteiger partial charge in [-0.2, -0.15) is 0 Å². The molecule has 2 heterocycles. The summed E-state index contributed by atoms with van der Waals surface area (Å²) in [5, 5.41) is 2.95. The fraction of sp³-hybridized carbons (Fsp3) is 0.136. The largest absolute Gasteiger partial charge is 0.422 e. The molecule has 1 N–H and O–H groups in total. The number of anilines is 1. The van der Waals surface area contributed by atoms with Gasteiger partial charge in [0.05, 0.1) is 5.56 Å². The molecule has 0 fully saturated rings. The normalized spacial score (nSPS) is 15.8. The van der Waals surface area contributed by atoms with Crippen molar-refractivity contribution in [3.05, 3.63) is 76.1 Å². The molecule has 7 nitrogen and oxygen atoms in total. The Morgan fingerprint density at radius 1 is 1.10 bits per heavy atom. The van der Waals surface area contributed by atoms with Gasteiger partial charge in [0.2, 0.25) is 5.91 Å². The number of hydrogen-bond donors (Lipinski definition) is 1. The summed E-state index contributed by atoms with van der Waals surface area (Å²) in [5.41, 5.74) is 1.14. The van der Waals surface area contributed by atoms with E-state index in [9.17, 15) is 19.2 Å². The quantitative estimate of drug-likeness (QED) is 0.501. The van der Waals surface area contributed by atoms with Gasteiger partial charge in [0.1, 0.15) is 15.9 Å². The number of nitrogens with zero attached hydrogens (tertiary/aromatic N) is 1. The first-order valence-electron chi connectivity index (χ1n) is 9.14. The lowest BCUT2D eigenvalue weighted by molar-refractivity contribution is -0.121. The van der Waals surface area contributed by atoms with Gasteiger partial charge in [-0.15, -0.1) is 0 Å². The molecular weight excluding hydrogens is 404 g/mol. The number of ketones is 1. The number of nitrogens with one attached hydrogen (secondary N) is 1. The molecule has 0 saturated carbocycles. The molecule has 0 bridgehead atoms. The number of carbonyl (C=O) groups excluding carboxylic acids is 3. The van der Waals surface area contributed by atoms with Crippen LogP contribution in [0.25, 0.3) is 11.0 Å². The number of Topliss-reactive ketones (excluding diaryl/α,β-unsaturated/α-hetero) is 1. The molecule has 0 unspecified atom stereocenters. The van der Waals surface area contributed by atoms with E-state index < -0.39 is 16.8 Å². The second-order valence-corrected chi connectivity index (χ2v) is 7.92. The van der Waals surface area contributed by atoms with E-state index in [1.807, 2.05) is 6.07 Å². The summed E-state index contributed by atoms with van der Waals surface area (Å²) in [7, 11) is 0. The minimum Gasteiger partial charge on any atom is -0.422 e. The van der Waals surface area contributed by atoms with Crippen LogP contribution in [0.5, 0.6) is 0 Å². The van der Waals surface area contributed by atoms with Crippen LogP contribution in [0.4, 0.5) is 5.69 Å². The maximum atomic E-state index is 12.3. The van der Waals surface area contributed by atoms with Crippen LogP contribution in [0.1, 0.15) is 29.3 Å². The van der Waals surface area contributed by atoms with Crippen LogP contribution >= 0.6 is 11.8 Å². The first kappa shape index (κ1) is 19.8. The van der Waals surface area contributed by atoms with E-state index in [1.165, 1.54) is 6.92 Å². The zero-order valence-corrected chi connectivity index (χ0v) is 16.7. The number of aliphatic imine (C=N–C) groups is 1. The lowest BCUT2D eigenvalue weighted by Gasteiger charge is -2.09. The number of hydrogen-bond acceptors (Lipinski definition) is 6. The Labute approximate surface area is 175 Å². The van der Waals surface area contributed by atoms with Gasteiger partial charge in [0.25, 0.3) is 5.91 Å². The van der Waals surface area contributed by atoms with Gasteiger partial charge in [-0.05, 0) is 43.3 Å². The number of para-hydroxylation sites is 1.